The van der Waals surface area contributed by atoms with Crippen molar-refractivity contribution in [2.45, 2.75) is 31.6 Å². The van der Waals surface area contributed by atoms with Crippen LogP contribution in [0.5, 0.6) is 0 Å². The zero-order valence-electron chi connectivity index (χ0n) is 12.6. The third-order valence-corrected chi connectivity index (χ3v) is 11.9. The van der Waals surface area contributed by atoms with Crippen molar-refractivity contribution in [2.24, 2.45) is 0 Å². The molecule has 0 aromatic heterocycles. The van der Waals surface area contributed by atoms with E-state index in [4.69, 9.17) is 0 Å². The molecule has 3 heteroatoms. The van der Waals surface area contributed by atoms with Gasteiger partial charge in [-0.1, -0.05) is 0 Å². The van der Waals surface area contributed by atoms with Crippen LogP contribution in [0.25, 0.3) is 0 Å². The Balaban J connectivity index is 2.77. The van der Waals surface area contributed by atoms with E-state index in [9.17, 15) is 0 Å². The number of hydrogen-bond donors (Lipinski definition) is 0. The number of benzene rings is 1. The van der Waals surface area contributed by atoms with E-state index in [2.05, 4.69) is 65.2 Å². The van der Waals surface area contributed by atoms with Crippen LogP contribution in [-0.2, 0) is 0 Å². The maximum atomic E-state index is 2.78. The molecule has 0 radical (unpaired) electrons. The fraction of sp³-hybridized carbons (Fsp3) is 0.600. The molecule has 1 unspecified atom stereocenters. The molecule has 0 saturated carbocycles. The summed E-state index contributed by atoms with van der Waals surface area (Å²) in [5.74, 6) is 0. The first kappa shape index (κ1) is 15.8. The molecule has 1 aromatic carbocycles. The van der Waals surface area contributed by atoms with Crippen LogP contribution < -0.4 is 8.48 Å². The Morgan fingerprint density at radius 2 is 1.44 bits per heavy atom. The second-order valence-corrected chi connectivity index (χ2v) is 13.0. The average Bonchev–Trinajstić information content (AvgIpc) is 2.38. The fourth-order valence-electron chi connectivity index (χ4n) is 2.34. The van der Waals surface area contributed by atoms with E-state index >= 15 is 0 Å². The Morgan fingerprint density at radius 3 is 1.83 bits per heavy atom. The molecular formula is C15H28N2Sn. The Bertz CT molecular complexity index is 329. The van der Waals surface area contributed by atoms with Gasteiger partial charge in [-0.05, 0) is 0 Å². The van der Waals surface area contributed by atoms with Crippen LogP contribution in [-0.4, -0.2) is 50.3 Å². The minimum absolute atomic E-state index is 1.27. The summed E-state index contributed by atoms with van der Waals surface area (Å²) in [5.41, 5.74) is 1.30. The van der Waals surface area contributed by atoms with Gasteiger partial charge in [0.15, 0.2) is 0 Å². The van der Waals surface area contributed by atoms with Crippen LogP contribution in [0.4, 0.5) is 5.69 Å². The van der Waals surface area contributed by atoms with Gasteiger partial charge in [0.2, 0.25) is 0 Å². The van der Waals surface area contributed by atoms with Crippen LogP contribution in [0.3, 0.4) is 0 Å². The van der Waals surface area contributed by atoms with Crippen LogP contribution in [0.1, 0.15) is 26.7 Å². The van der Waals surface area contributed by atoms with Gasteiger partial charge in [0, 0.05) is 0 Å². The molecule has 0 amide bonds. The molecule has 2 nitrogen and oxygen atoms in total. The van der Waals surface area contributed by atoms with Crippen LogP contribution in [0.2, 0.25) is 4.94 Å². The zero-order chi connectivity index (χ0) is 13.5. The van der Waals surface area contributed by atoms with E-state index in [0.717, 1.165) is 0 Å². The quantitative estimate of drug-likeness (QED) is 0.694. The topological polar surface area (TPSA) is 6.48 Å². The van der Waals surface area contributed by atoms with E-state index in [-0.39, 0.29) is 0 Å². The molecule has 0 aliphatic carbocycles. The number of anilines is 1. The van der Waals surface area contributed by atoms with Crippen molar-refractivity contribution in [2.75, 3.05) is 32.1 Å². The Kier molecular flexibility index (Phi) is 7.08. The van der Waals surface area contributed by atoms with E-state index in [1.807, 2.05) is 0 Å². The van der Waals surface area contributed by atoms with Crippen LogP contribution in [0.15, 0.2) is 24.3 Å². The molecule has 1 atom stereocenters. The average molecular weight is 355 g/mol. The summed E-state index contributed by atoms with van der Waals surface area (Å²) in [6, 6.07) is 9.24. The van der Waals surface area contributed by atoms with Gasteiger partial charge in [0.05, 0.1) is 0 Å². The predicted molar refractivity (Wildman–Crippen MR) is 85.6 cm³/mol. The van der Waals surface area contributed by atoms with Gasteiger partial charge in [-0.2, -0.15) is 0 Å². The summed E-state index contributed by atoms with van der Waals surface area (Å²) in [5, 5.41) is 0. The summed E-state index contributed by atoms with van der Waals surface area (Å²) in [6.45, 7) is 7.13. The summed E-state index contributed by atoms with van der Waals surface area (Å²) in [7, 11) is 4.20. The van der Waals surface area contributed by atoms with Gasteiger partial charge >= 0.3 is 120 Å². The van der Waals surface area contributed by atoms with Crippen molar-refractivity contribution in [3.05, 3.63) is 24.3 Å². The second kappa shape index (κ2) is 8.05. The van der Waals surface area contributed by atoms with Crippen molar-refractivity contribution in [3.8, 4) is 0 Å². The molecule has 1 aromatic rings. The van der Waals surface area contributed by atoms with Gasteiger partial charge in [-0.25, -0.2) is 0 Å². The number of nitrogens with zero attached hydrogens (tertiary/aromatic N) is 2. The van der Waals surface area contributed by atoms with Gasteiger partial charge in [-0.15, -0.1) is 0 Å². The van der Waals surface area contributed by atoms with E-state index in [1.54, 1.807) is 3.58 Å². The molecule has 0 N–H and O–H groups in total. The molecule has 0 spiro atoms. The molecule has 102 valence electrons. The van der Waals surface area contributed by atoms with Crippen molar-refractivity contribution in [1.29, 1.82) is 0 Å². The number of rotatable bonds is 7. The third kappa shape index (κ3) is 4.47. The monoisotopic (exact) mass is 356 g/mol. The van der Waals surface area contributed by atoms with E-state index in [1.165, 1.54) is 31.6 Å². The molecule has 0 saturated heterocycles. The van der Waals surface area contributed by atoms with Gasteiger partial charge < -0.3 is 0 Å². The SMILES string of the molecule is CCC[N](CCC)[SnH]([CH3])[c]1ccc(N(C)C)cc1. The van der Waals surface area contributed by atoms with Crippen molar-refractivity contribution >= 4 is 29.3 Å². The Labute approximate surface area is 120 Å². The predicted octanol–water partition coefficient (Wildman–Crippen LogP) is 2.44. The zero-order valence-corrected chi connectivity index (χ0v) is 15.9. The van der Waals surface area contributed by atoms with Gasteiger partial charge in [-0.3, -0.25) is 0 Å². The molecule has 0 aliphatic rings. The van der Waals surface area contributed by atoms with Crippen molar-refractivity contribution in [3.63, 3.8) is 0 Å². The first-order chi connectivity index (χ1) is 8.60. The molecule has 0 heterocycles. The third-order valence-electron chi connectivity index (χ3n) is 3.46. The standard InChI is InChI=1S/C8H10N.C6H14N.CH3.Sn.H/c1-9(2)8-6-4-3-5-7-8;1-3-5-7-6-4-2;;;/h4-7H,1-2H3;3-6H2,1-2H3;1H3;;/q;-1;;+1;. The summed E-state index contributed by atoms with van der Waals surface area (Å²) >= 11 is -1.70. The number of hydrogen-bond acceptors (Lipinski definition) is 2. The first-order valence-electron chi connectivity index (χ1n) is 7.11. The molecule has 0 fully saturated rings. The second-order valence-electron chi connectivity index (χ2n) is 5.20. The van der Waals surface area contributed by atoms with E-state index in [0.29, 0.717) is 0 Å². The molecule has 18 heavy (non-hydrogen) atoms. The van der Waals surface area contributed by atoms with Crippen LogP contribution >= 0.6 is 0 Å². The Hall–Kier alpha value is -0.221. The van der Waals surface area contributed by atoms with E-state index < -0.39 is 20.0 Å². The molecule has 1 rings (SSSR count). The molecular weight excluding hydrogens is 327 g/mol. The molecule has 0 aliphatic heterocycles. The summed E-state index contributed by atoms with van der Waals surface area (Å²) in [6.07, 6.45) is 2.55. The fourth-order valence-corrected chi connectivity index (χ4v) is 9.36. The van der Waals surface area contributed by atoms with Gasteiger partial charge in [0.25, 0.3) is 0 Å². The first-order valence-corrected chi connectivity index (χ1v) is 13.5. The van der Waals surface area contributed by atoms with Crippen molar-refractivity contribution in [1.82, 2.24) is 3.12 Å². The van der Waals surface area contributed by atoms with Gasteiger partial charge in [0.1, 0.15) is 0 Å². The van der Waals surface area contributed by atoms with Crippen molar-refractivity contribution < 1.29 is 0 Å². The normalized spacial score (nSPS) is 12.8. The maximum absolute atomic E-state index is 2.78. The minimum atomic E-state index is -1.70. The molecule has 0 bridgehead atoms. The van der Waals surface area contributed by atoms with Crippen LogP contribution in [0, 0.1) is 0 Å². The Morgan fingerprint density at radius 1 is 0.944 bits per heavy atom. The summed E-state index contributed by atoms with van der Waals surface area (Å²) in [4.78, 5) is 4.69. The summed E-state index contributed by atoms with van der Waals surface area (Å²) < 4.78 is 4.41.